The summed E-state index contributed by atoms with van der Waals surface area (Å²) in [6, 6.07) is 0.793. The van der Waals surface area contributed by atoms with Gasteiger partial charge in [0.1, 0.15) is 0 Å². The smallest absolute Gasteiger partial charge is 0.0100 e. The lowest BCUT2D eigenvalue weighted by Crippen LogP contribution is -2.44. The van der Waals surface area contributed by atoms with Gasteiger partial charge in [-0.05, 0) is 55.4 Å². The number of hydrogen-bond acceptors (Lipinski definition) is 1. The molecule has 106 valence electrons. The van der Waals surface area contributed by atoms with Crippen molar-refractivity contribution in [1.29, 1.82) is 0 Å². The van der Waals surface area contributed by atoms with Gasteiger partial charge in [-0.15, -0.1) is 0 Å². The average molecular weight is 251 g/mol. The third kappa shape index (κ3) is 3.50. The van der Waals surface area contributed by atoms with Crippen LogP contribution in [-0.2, 0) is 0 Å². The first-order chi connectivity index (χ1) is 8.58. The predicted octanol–water partition coefficient (Wildman–Crippen LogP) is 4.47. The lowest BCUT2D eigenvalue weighted by molar-refractivity contribution is 0.163. The molecular formula is C17H33N. The van der Waals surface area contributed by atoms with Crippen molar-refractivity contribution in [3.63, 3.8) is 0 Å². The zero-order chi connectivity index (χ0) is 13.1. The summed E-state index contributed by atoms with van der Waals surface area (Å²) >= 11 is 0. The summed E-state index contributed by atoms with van der Waals surface area (Å²) in [5, 5.41) is 3.96. The zero-order valence-electron chi connectivity index (χ0n) is 12.9. The van der Waals surface area contributed by atoms with Gasteiger partial charge in [0.15, 0.2) is 0 Å². The van der Waals surface area contributed by atoms with E-state index in [1.807, 2.05) is 0 Å². The number of nitrogens with one attached hydrogen (secondary N) is 1. The second-order valence-corrected chi connectivity index (χ2v) is 7.51. The number of hydrogen-bond donors (Lipinski definition) is 1. The van der Waals surface area contributed by atoms with Gasteiger partial charge in [0.25, 0.3) is 0 Å². The molecule has 1 heteroatoms. The number of rotatable bonds is 4. The van der Waals surface area contributed by atoms with Gasteiger partial charge in [0, 0.05) is 6.04 Å². The van der Waals surface area contributed by atoms with Gasteiger partial charge in [-0.3, -0.25) is 0 Å². The molecule has 0 aromatic heterocycles. The van der Waals surface area contributed by atoms with Crippen molar-refractivity contribution in [2.24, 2.45) is 29.6 Å². The van der Waals surface area contributed by atoms with Crippen molar-refractivity contribution >= 4 is 0 Å². The molecule has 1 nitrogen and oxygen atoms in total. The van der Waals surface area contributed by atoms with Crippen molar-refractivity contribution in [2.75, 3.05) is 6.54 Å². The summed E-state index contributed by atoms with van der Waals surface area (Å²) in [6.45, 7) is 11.0. The third-order valence-electron chi connectivity index (χ3n) is 5.70. The van der Waals surface area contributed by atoms with E-state index in [0.29, 0.717) is 0 Å². The molecule has 5 atom stereocenters. The van der Waals surface area contributed by atoms with E-state index in [1.54, 1.807) is 0 Å². The highest BCUT2D eigenvalue weighted by Gasteiger charge is 2.31. The molecule has 0 spiro atoms. The normalized spacial score (nSPS) is 41.5. The molecule has 1 N–H and O–H groups in total. The molecule has 0 heterocycles. The molecule has 0 saturated heterocycles. The molecular weight excluding hydrogens is 218 g/mol. The molecule has 18 heavy (non-hydrogen) atoms. The van der Waals surface area contributed by atoms with Crippen LogP contribution in [0.4, 0.5) is 0 Å². The zero-order valence-corrected chi connectivity index (χ0v) is 12.9. The van der Waals surface area contributed by atoms with Crippen LogP contribution in [-0.4, -0.2) is 12.6 Å². The highest BCUT2D eigenvalue weighted by atomic mass is 14.9. The first kappa shape index (κ1) is 14.4. The predicted molar refractivity (Wildman–Crippen MR) is 79.6 cm³/mol. The third-order valence-corrected chi connectivity index (χ3v) is 5.70. The fraction of sp³-hybridized carbons (Fsp3) is 1.00. The molecule has 2 rings (SSSR count). The van der Waals surface area contributed by atoms with Crippen molar-refractivity contribution in [2.45, 2.75) is 72.3 Å². The van der Waals surface area contributed by atoms with Crippen LogP contribution in [0.5, 0.6) is 0 Å². The summed E-state index contributed by atoms with van der Waals surface area (Å²) in [4.78, 5) is 0. The molecule has 2 fully saturated rings. The molecule has 2 saturated carbocycles. The van der Waals surface area contributed by atoms with Gasteiger partial charge < -0.3 is 5.32 Å². The largest absolute Gasteiger partial charge is 0.313 e. The van der Waals surface area contributed by atoms with E-state index in [9.17, 15) is 0 Å². The van der Waals surface area contributed by atoms with Crippen LogP contribution in [0.15, 0.2) is 0 Å². The van der Waals surface area contributed by atoms with E-state index in [-0.39, 0.29) is 0 Å². The Bertz CT molecular complexity index is 248. The van der Waals surface area contributed by atoms with Crippen molar-refractivity contribution in [3.8, 4) is 0 Å². The van der Waals surface area contributed by atoms with Crippen LogP contribution in [0.2, 0.25) is 0 Å². The molecule has 2 aliphatic carbocycles. The minimum atomic E-state index is 0.793. The maximum absolute atomic E-state index is 3.96. The molecule has 0 amide bonds. The van der Waals surface area contributed by atoms with Gasteiger partial charge in [-0.2, -0.15) is 0 Å². The van der Waals surface area contributed by atoms with E-state index >= 15 is 0 Å². The Morgan fingerprint density at radius 2 is 1.83 bits per heavy atom. The monoisotopic (exact) mass is 251 g/mol. The Morgan fingerprint density at radius 3 is 2.44 bits per heavy atom. The molecule has 0 radical (unpaired) electrons. The van der Waals surface area contributed by atoms with Crippen molar-refractivity contribution < 1.29 is 0 Å². The SMILES string of the molecule is CC1CCC(C(C)C)C(NCC2CCCC2C)C1. The van der Waals surface area contributed by atoms with Crippen LogP contribution in [0.25, 0.3) is 0 Å². The van der Waals surface area contributed by atoms with Crippen molar-refractivity contribution in [1.82, 2.24) is 5.32 Å². The molecule has 0 bridgehead atoms. The summed E-state index contributed by atoms with van der Waals surface area (Å²) in [6.07, 6.45) is 8.67. The minimum Gasteiger partial charge on any atom is -0.313 e. The summed E-state index contributed by atoms with van der Waals surface area (Å²) in [7, 11) is 0. The van der Waals surface area contributed by atoms with Crippen LogP contribution < -0.4 is 5.32 Å². The lowest BCUT2D eigenvalue weighted by Gasteiger charge is -2.38. The second kappa shape index (κ2) is 6.41. The van der Waals surface area contributed by atoms with E-state index in [2.05, 4.69) is 33.0 Å². The maximum atomic E-state index is 3.96. The van der Waals surface area contributed by atoms with Crippen LogP contribution in [0, 0.1) is 29.6 Å². The van der Waals surface area contributed by atoms with E-state index in [4.69, 9.17) is 0 Å². The Labute approximate surface area is 114 Å². The first-order valence-corrected chi connectivity index (χ1v) is 8.31. The van der Waals surface area contributed by atoms with Gasteiger partial charge >= 0.3 is 0 Å². The summed E-state index contributed by atoms with van der Waals surface area (Å²) < 4.78 is 0. The van der Waals surface area contributed by atoms with Gasteiger partial charge in [-0.1, -0.05) is 47.0 Å². The lowest BCUT2D eigenvalue weighted by atomic mass is 9.74. The summed E-state index contributed by atoms with van der Waals surface area (Å²) in [5.74, 6) is 4.60. The highest BCUT2D eigenvalue weighted by molar-refractivity contribution is 4.87. The Kier molecular flexibility index (Phi) is 5.12. The average Bonchev–Trinajstić information content (AvgIpc) is 2.72. The molecule has 0 aliphatic heterocycles. The van der Waals surface area contributed by atoms with E-state index < -0.39 is 0 Å². The topological polar surface area (TPSA) is 12.0 Å². The molecule has 2 aliphatic rings. The van der Waals surface area contributed by atoms with Gasteiger partial charge in [0.05, 0.1) is 0 Å². The van der Waals surface area contributed by atoms with Crippen LogP contribution >= 0.6 is 0 Å². The van der Waals surface area contributed by atoms with Crippen molar-refractivity contribution in [3.05, 3.63) is 0 Å². The minimum absolute atomic E-state index is 0.793. The van der Waals surface area contributed by atoms with Crippen LogP contribution in [0.1, 0.15) is 66.2 Å². The van der Waals surface area contributed by atoms with Gasteiger partial charge in [0.2, 0.25) is 0 Å². The van der Waals surface area contributed by atoms with E-state index in [1.165, 1.54) is 45.1 Å². The Balaban J connectivity index is 1.84. The second-order valence-electron chi connectivity index (χ2n) is 7.51. The first-order valence-electron chi connectivity index (χ1n) is 8.31. The van der Waals surface area contributed by atoms with E-state index in [0.717, 1.165) is 35.6 Å². The standard InChI is InChI=1S/C17H33N/c1-12(2)16-9-8-13(3)10-17(16)18-11-15-7-5-6-14(15)4/h12-18H,5-11H2,1-4H3. The fourth-order valence-corrected chi connectivity index (χ4v) is 4.27. The molecule has 0 aromatic carbocycles. The Morgan fingerprint density at radius 1 is 1.06 bits per heavy atom. The molecule has 5 unspecified atom stereocenters. The molecule has 0 aromatic rings. The highest BCUT2D eigenvalue weighted by Crippen LogP contribution is 2.35. The summed E-state index contributed by atoms with van der Waals surface area (Å²) in [5.41, 5.74) is 0. The van der Waals surface area contributed by atoms with Crippen LogP contribution in [0.3, 0.4) is 0 Å². The van der Waals surface area contributed by atoms with Gasteiger partial charge in [-0.25, -0.2) is 0 Å². The Hall–Kier alpha value is -0.0400. The maximum Gasteiger partial charge on any atom is 0.0100 e. The fourth-order valence-electron chi connectivity index (χ4n) is 4.27. The quantitative estimate of drug-likeness (QED) is 0.777.